The van der Waals surface area contributed by atoms with Crippen LogP contribution < -0.4 is 0 Å². The molecule has 1 N–H and O–H groups in total. The highest BCUT2D eigenvalue weighted by Gasteiger charge is 2.35. The summed E-state index contributed by atoms with van der Waals surface area (Å²) in [7, 11) is 1.77. The van der Waals surface area contributed by atoms with Crippen LogP contribution >= 0.6 is 11.3 Å². The predicted molar refractivity (Wildman–Crippen MR) is 82.2 cm³/mol. The second-order valence-corrected chi connectivity index (χ2v) is 6.53. The molecule has 1 aromatic heterocycles. The minimum atomic E-state index is -0.824. The molecule has 5 nitrogen and oxygen atoms in total. The van der Waals surface area contributed by atoms with Gasteiger partial charge in [0, 0.05) is 13.6 Å². The van der Waals surface area contributed by atoms with E-state index in [4.69, 9.17) is 0 Å². The van der Waals surface area contributed by atoms with E-state index in [1.54, 1.807) is 23.3 Å². The molecule has 1 saturated heterocycles. The van der Waals surface area contributed by atoms with Crippen LogP contribution in [0.4, 0.5) is 0 Å². The molecule has 1 aliphatic heterocycles. The summed E-state index contributed by atoms with van der Waals surface area (Å²) in [5.41, 5.74) is 1.11. The van der Waals surface area contributed by atoms with Gasteiger partial charge in [0.1, 0.15) is 6.04 Å². The number of likely N-dealkylation sites (tertiary alicyclic amines) is 1. The summed E-state index contributed by atoms with van der Waals surface area (Å²) in [6.45, 7) is 3.38. The van der Waals surface area contributed by atoms with Crippen LogP contribution in [0.1, 0.15) is 25.3 Å². The first-order valence-corrected chi connectivity index (χ1v) is 8.15. The molecule has 2 heterocycles. The number of nitrogens with zero attached hydrogens (tertiary/aromatic N) is 2. The Bertz CT molecular complexity index is 489. The van der Waals surface area contributed by atoms with E-state index in [-0.39, 0.29) is 18.4 Å². The third-order valence-electron chi connectivity index (χ3n) is 4.05. The number of thiophene rings is 1. The summed E-state index contributed by atoms with van der Waals surface area (Å²) in [6.07, 6.45) is 1.86. The maximum Gasteiger partial charge on any atom is 0.321 e. The molecular formula is C15H22N2O3S. The van der Waals surface area contributed by atoms with Gasteiger partial charge in [-0.05, 0) is 47.7 Å². The quantitative estimate of drug-likeness (QED) is 0.902. The smallest absolute Gasteiger partial charge is 0.321 e. The fourth-order valence-electron chi connectivity index (χ4n) is 2.89. The zero-order valence-corrected chi connectivity index (χ0v) is 13.3. The SMILES string of the molecule is CC1CCCN(CC(=O)N(C)Cc2ccsc2)C1C(=O)O. The van der Waals surface area contributed by atoms with Gasteiger partial charge in [-0.25, -0.2) is 0 Å². The van der Waals surface area contributed by atoms with Crippen LogP contribution in [0.15, 0.2) is 16.8 Å². The van der Waals surface area contributed by atoms with Crippen molar-refractivity contribution in [1.82, 2.24) is 9.80 Å². The van der Waals surface area contributed by atoms with Crippen molar-refractivity contribution in [3.05, 3.63) is 22.4 Å². The molecule has 0 aromatic carbocycles. The molecule has 21 heavy (non-hydrogen) atoms. The van der Waals surface area contributed by atoms with Crippen molar-refractivity contribution in [2.24, 2.45) is 5.92 Å². The van der Waals surface area contributed by atoms with Crippen LogP contribution in [0.2, 0.25) is 0 Å². The first kappa shape index (κ1) is 16.0. The van der Waals surface area contributed by atoms with Crippen LogP contribution in [0.5, 0.6) is 0 Å². The molecule has 0 spiro atoms. The highest BCUT2D eigenvalue weighted by Crippen LogP contribution is 2.23. The molecule has 0 bridgehead atoms. The van der Waals surface area contributed by atoms with Crippen LogP contribution in [-0.2, 0) is 16.1 Å². The van der Waals surface area contributed by atoms with Crippen LogP contribution in [0, 0.1) is 5.92 Å². The Hall–Kier alpha value is -1.40. The van der Waals surface area contributed by atoms with Gasteiger partial charge in [-0.15, -0.1) is 0 Å². The number of hydrogen-bond donors (Lipinski definition) is 1. The lowest BCUT2D eigenvalue weighted by molar-refractivity contribution is -0.148. The number of carboxylic acid groups (broad SMARTS) is 1. The number of amides is 1. The van der Waals surface area contributed by atoms with E-state index >= 15 is 0 Å². The summed E-state index contributed by atoms with van der Waals surface area (Å²) in [5, 5.41) is 13.4. The van der Waals surface area contributed by atoms with Crippen molar-refractivity contribution in [3.63, 3.8) is 0 Å². The predicted octanol–water partition coefficient (Wildman–Crippen LogP) is 1.89. The highest BCUT2D eigenvalue weighted by atomic mass is 32.1. The third-order valence-corrected chi connectivity index (χ3v) is 4.79. The fraction of sp³-hybridized carbons (Fsp3) is 0.600. The first-order chi connectivity index (χ1) is 9.99. The van der Waals surface area contributed by atoms with E-state index in [1.807, 2.05) is 28.7 Å². The zero-order valence-electron chi connectivity index (χ0n) is 12.5. The molecule has 1 amide bonds. The Balaban J connectivity index is 1.95. The van der Waals surface area contributed by atoms with E-state index in [0.717, 1.165) is 18.4 Å². The number of aliphatic carboxylic acids is 1. The summed E-state index contributed by atoms with van der Waals surface area (Å²) in [5.74, 6) is -0.761. The Kier molecular flexibility index (Phi) is 5.36. The molecule has 2 unspecified atom stereocenters. The van der Waals surface area contributed by atoms with Gasteiger partial charge in [-0.1, -0.05) is 6.92 Å². The topological polar surface area (TPSA) is 60.9 Å². The van der Waals surface area contributed by atoms with Gasteiger partial charge >= 0.3 is 5.97 Å². The summed E-state index contributed by atoms with van der Waals surface area (Å²) < 4.78 is 0. The molecule has 0 aliphatic carbocycles. The van der Waals surface area contributed by atoms with Gasteiger partial charge in [0.15, 0.2) is 0 Å². The van der Waals surface area contributed by atoms with E-state index in [9.17, 15) is 14.7 Å². The van der Waals surface area contributed by atoms with Gasteiger partial charge in [-0.2, -0.15) is 11.3 Å². The van der Waals surface area contributed by atoms with Crippen molar-refractivity contribution < 1.29 is 14.7 Å². The van der Waals surface area contributed by atoms with Crippen LogP contribution in [-0.4, -0.2) is 53.0 Å². The number of piperidine rings is 1. The number of carbonyl (C=O) groups excluding carboxylic acids is 1. The summed E-state index contributed by atoms with van der Waals surface area (Å²) in [6, 6.07) is 1.45. The number of carboxylic acids is 1. The average molecular weight is 310 g/mol. The Morgan fingerprint density at radius 2 is 2.29 bits per heavy atom. The van der Waals surface area contributed by atoms with E-state index < -0.39 is 12.0 Å². The molecule has 2 atom stereocenters. The lowest BCUT2D eigenvalue weighted by Gasteiger charge is -2.37. The Labute approximate surface area is 129 Å². The Morgan fingerprint density at radius 3 is 2.90 bits per heavy atom. The van der Waals surface area contributed by atoms with Gasteiger partial charge in [0.05, 0.1) is 6.54 Å². The second kappa shape index (κ2) is 7.04. The minimum Gasteiger partial charge on any atom is -0.480 e. The third kappa shape index (κ3) is 4.04. The summed E-state index contributed by atoms with van der Waals surface area (Å²) >= 11 is 1.61. The summed E-state index contributed by atoms with van der Waals surface area (Å²) in [4.78, 5) is 27.2. The zero-order chi connectivity index (χ0) is 15.4. The first-order valence-electron chi connectivity index (χ1n) is 7.21. The molecule has 1 aromatic rings. The van der Waals surface area contributed by atoms with Crippen molar-refractivity contribution >= 4 is 23.2 Å². The minimum absolute atomic E-state index is 0.0263. The van der Waals surface area contributed by atoms with Crippen molar-refractivity contribution in [2.45, 2.75) is 32.4 Å². The number of hydrogen-bond acceptors (Lipinski definition) is 4. The van der Waals surface area contributed by atoms with E-state index in [2.05, 4.69) is 0 Å². The molecule has 1 fully saturated rings. The van der Waals surface area contributed by atoms with Crippen LogP contribution in [0.3, 0.4) is 0 Å². The number of carbonyl (C=O) groups is 2. The standard InChI is InChI=1S/C15H22N2O3S/c1-11-4-3-6-17(14(11)15(19)20)9-13(18)16(2)8-12-5-7-21-10-12/h5,7,10-11,14H,3-4,6,8-9H2,1-2H3,(H,19,20). The van der Waals surface area contributed by atoms with Gasteiger partial charge < -0.3 is 10.0 Å². The van der Waals surface area contributed by atoms with E-state index in [0.29, 0.717) is 13.1 Å². The fourth-order valence-corrected chi connectivity index (χ4v) is 3.55. The second-order valence-electron chi connectivity index (χ2n) is 5.75. The highest BCUT2D eigenvalue weighted by molar-refractivity contribution is 7.07. The maximum atomic E-state index is 12.3. The normalized spacial score (nSPS) is 23.0. The van der Waals surface area contributed by atoms with Gasteiger partial charge in [0.2, 0.25) is 5.91 Å². The van der Waals surface area contributed by atoms with Crippen molar-refractivity contribution in [3.8, 4) is 0 Å². The van der Waals surface area contributed by atoms with Gasteiger partial charge in [-0.3, -0.25) is 14.5 Å². The lowest BCUT2D eigenvalue weighted by atomic mass is 9.91. The van der Waals surface area contributed by atoms with Crippen molar-refractivity contribution in [1.29, 1.82) is 0 Å². The molecule has 6 heteroatoms. The maximum absolute atomic E-state index is 12.3. The van der Waals surface area contributed by atoms with Crippen LogP contribution in [0.25, 0.3) is 0 Å². The Morgan fingerprint density at radius 1 is 1.52 bits per heavy atom. The molecule has 0 saturated carbocycles. The molecule has 0 radical (unpaired) electrons. The molecule has 116 valence electrons. The number of rotatable bonds is 5. The molecular weight excluding hydrogens is 288 g/mol. The van der Waals surface area contributed by atoms with E-state index in [1.165, 1.54) is 0 Å². The molecule has 2 rings (SSSR count). The molecule has 1 aliphatic rings. The number of likely N-dealkylation sites (N-methyl/N-ethyl adjacent to an activating group) is 1. The van der Waals surface area contributed by atoms with Crippen molar-refractivity contribution in [2.75, 3.05) is 20.1 Å². The largest absolute Gasteiger partial charge is 0.480 e. The lowest BCUT2D eigenvalue weighted by Crippen LogP contribution is -2.52. The monoisotopic (exact) mass is 310 g/mol. The average Bonchev–Trinajstić information content (AvgIpc) is 2.91. The van der Waals surface area contributed by atoms with Gasteiger partial charge in [0.25, 0.3) is 0 Å².